The summed E-state index contributed by atoms with van der Waals surface area (Å²) in [6.07, 6.45) is 8.31. The van der Waals surface area contributed by atoms with Gasteiger partial charge < -0.3 is 0 Å². The first-order valence-electron chi connectivity index (χ1n) is 10.1. The van der Waals surface area contributed by atoms with Crippen LogP contribution in [0.4, 0.5) is 0 Å². The summed E-state index contributed by atoms with van der Waals surface area (Å²) in [7, 11) is -5.44. The van der Waals surface area contributed by atoms with Crippen molar-refractivity contribution in [2.75, 3.05) is 5.75 Å². The summed E-state index contributed by atoms with van der Waals surface area (Å²) in [6, 6.07) is 10.6. The van der Waals surface area contributed by atoms with Crippen LogP contribution in [0.15, 0.2) is 42.5 Å². The highest BCUT2D eigenvalue weighted by Gasteiger charge is 2.67. The van der Waals surface area contributed by atoms with E-state index in [2.05, 4.69) is 57.3 Å². The van der Waals surface area contributed by atoms with Gasteiger partial charge in [0.15, 0.2) is 9.84 Å². The second kappa shape index (κ2) is 5.81. The lowest BCUT2D eigenvalue weighted by molar-refractivity contribution is -0.109. The molecule has 0 aromatic heterocycles. The molecule has 1 aliphatic heterocycles. The normalized spacial score (nSPS) is 37.8. The zero-order valence-electron chi connectivity index (χ0n) is 16.5. The minimum atomic E-state index is -3.17. The van der Waals surface area contributed by atoms with Gasteiger partial charge in [0.25, 0.3) is 0 Å². The second-order valence-corrected chi connectivity index (χ2v) is 17.3. The zero-order chi connectivity index (χ0) is 18.8. The van der Waals surface area contributed by atoms with Crippen molar-refractivity contribution in [2.45, 2.75) is 57.0 Å². The van der Waals surface area contributed by atoms with Crippen LogP contribution in [0, 0.1) is 23.2 Å². The Labute approximate surface area is 160 Å². The Morgan fingerprint density at radius 1 is 1.00 bits per heavy atom. The smallest absolute Gasteiger partial charge is 0.157 e. The van der Waals surface area contributed by atoms with Gasteiger partial charge in [0.2, 0.25) is 0 Å². The molecule has 1 heterocycles. The molecule has 4 aliphatic rings. The topological polar surface area (TPSA) is 34.1 Å². The molecule has 3 fully saturated rings. The summed E-state index contributed by atoms with van der Waals surface area (Å²) in [4.78, 5) is 0. The van der Waals surface area contributed by atoms with E-state index in [1.807, 2.05) is 12.1 Å². The van der Waals surface area contributed by atoms with Gasteiger partial charge in [-0.3, -0.25) is 0 Å². The fourth-order valence-corrected chi connectivity index (χ4v) is 15.6. The van der Waals surface area contributed by atoms with E-state index in [1.165, 1.54) is 18.0 Å². The molecular weight excluding hydrogens is 356 g/mol. The number of benzene rings is 1. The van der Waals surface area contributed by atoms with Crippen LogP contribution >= 0.6 is 0 Å². The minimum Gasteiger partial charge on any atom is -0.228 e. The molecular formula is C22H32O2SSi. The lowest BCUT2D eigenvalue weighted by Gasteiger charge is -2.66. The summed E-state index contributed by atoms with van der Waals surface area (Å²) in [6.45, 7) is 9.40. The molecule has 0 N–H and O–H groups in total. The summed E-state index contributed by atoms with van der Waals surface area (Å²) in [5.41, 5.74) is 0.299. The average molecular weight is 389 g/mol. The Balaban J connectivity index is 1.91. The molecule has 1 unspecified atom stereocenters. The van der Waals surface area contributed by atoms with Gasteiger partial charge in [-0.25, -0.2) is 8.42 Å². The predicted octanol–water partition coefficient (Wildman–Crippen LogP) is 4.33. The number of allylic oxidation sites excluding steroid dienone is 1. The molecule has 1 aromatic carbocycles. The average Bonchev–Trinajstić information content (AvgIpc) is 2.62. The van der Waals surface area contributed by atoms with E-state index < -0.39 is 22.3 Å². The third-order valence-corrected chi connectivity index (χ3v) is 17.6. The van der Waals surface area contributed by atoms with Crippen molar-refractivity contribution in [3.05, 3.63) is 42.5 Å². The van der Waals surface area contributed by atoms with Gasteiger partial charge in [-0.2, -0.15) is 0 Å². The van der Waals surface area contributed by atoms with Crippen LogP contribution in [-0.4, -0.2) is 26.6 Å². The summed E-state index contributed by atoms with van der Waals surface area (Å²) < 4.78 is 27.0. The summed E-state index contributed by atoms with van der Waals surface area (Å²) >= 11 is 0. The highest BCUT2D eigenvalue weighted by Crippen LogP contribution is 2.66. The van der Waals surface area contributed by atoms with Gasteiger partial charge in [0.1, 0.15) is 8.07 Å². The first-order valence-corrected chi connectivity index (χ1v) is 14.7. The maximum Gasteiger partial charge on any atom is 0.157 e. The molecule has 0 saturated heterocycles. The highest BCUT2D eigenvalue weighted by molar-refractivity contribution is 7.95. The summed E-state index contributed by atoms with van der Waals surface area (Å²) in [5, 5.41) is 1.29. The molecule has 4 atom stereocenters. The zero-order valence-corrected chi connectivity index (χ0v) is 18.4. The van der Waals surface area contributed by atoms with Crippen molar-refractivity contribution < 1.29 is 8.42 Å². The molecule has 3 aliphatic carbocycles. The SMILES string of the molecule is CC1(C)[C@H]2CC[C@H](C3([Si](C)(C)c4ccccc4)CC=CCS3(=O)=O)[C@@H]1C2. The fraction of sp³-hybridized carbons (Fsp3) is 0.636. The highest BCUT2D eigenvalue weighted by atomic mass is 32.2. The molecule has 2 bridgehead atoms. The maximum atomic E-state index is 13.8. The monoisotopic (exact) mass is 388 g/mol. The van der Waals surface area contributed by atoms with Crippen LogP contribution in [0.5, 0.6) is 0 Å². The van der Waals surface area contributed by atoms with Crippen molar-refractivity contribution in [2.24, 2.45) is 23.2 Å². The van der Waals surface area contributed by atoms with E-state index in [0.29, 0.717) is 23.7 Å². The molecule has 0 spiro atoms. The van der Waals surface area contributed by atoms with Gasteiger partial charge >= 0.3 is 0 Å². The van der Waals surface area contributed by atoms with Gasteiger partial charge in [0.05, 0.1) is 10.1 Å². The number of fused-ring (bicyclic) bond motifs is 2. The van der Waals surface area contributed by atoms with E-state index in [-0.39, 0.29) is 5.75 Å². The lowest BCUT2D eigenvalue weighted by Crippen LogP contribution is -2.74. The van der Waals surface area contributed by atoms with Crippen molar-refractivity contribution in [1.29, 1.82) is 0 Å². The third kappa shape index (κ3) is 2.24. The molecule has 26 heavy (non-hydrogen) atoms. The molecule has 3 saturated carbocycles. The van der Waals surface area contributed by atoms with E-state index in [9.17, 15) is 8.42 Å². The number of hydrogen-bond acceptors (Lipinski definition) is 2. The molecule has 2 nitrogen and oxygen atoms in total. The van der Waals surface area contributed by atoms with Crippen LogP contribution in [0.2, 0.25) is 13.1 Å². The Hall–Kier alpha value is -0.873. The van der Waals surface area contributed by atoms with Crippen LogP contribution in [0.1, 0.15) is 39.5 Å². The lowest BCUT2D eigenvalue weighted by atomic mass is 9.45. The van der Waals surface area contributed by atoms with Crippen molar-refractivity contribution in [1.82, 2.24) is 0 Å². The molecule has 1 aromatic rings. The Bertz CT molecular complexity index is 823. The van der Waals surface area contributed by atoms with Gasteiger partial charge in [-0.1, -0.05) is 74.6 Å². The Morgan fingerprint density at radius 3 is 2.27 bits per heavy atom. The van der Waals surface area contributed by atoms with E-state index in [1.54, 1.807) is 0 Å². The van der Waals surface area contributed by atoms with Crippen molar-refractivity contribution >= 4 is 23.1 Å². The Morgan fingerprint density at radius 2 is 1.69 bits per heavy atom. The summed E-state index contributed by atoms with van der Waals surface area (Å²) in [5.74, 6) is 1.88. The van der Waals surface area contributed by atoms with E-state index in [4.69, 9.17) is 0 Å². The van der Waals surface area contributed by atoms with E-state index >= 15 is 0 Å². The van der Waals surface area contributed by atoms with Crippen molar-refractivity contribution in [3.63, 3.8) is 0 Å². The number of rotatable bonds is 3. The van der Waals surface area contributed by atoms with Crippen LogP contribution < -0.4 is 5.19 Å². The first kappa shape index (κ1) is 18.5. The Kier molecular flexibility index (Phi) is 4.13. The van der Waals surface area contributed by atoms with Crippen molar-refractivity contribution in [3.8, 4) is 0 Å². The van der Waals surface area contributed by atoms with Gasteiger partial charge in [-0.15, -0.1) is 0 Å². The predicted molar refractivity (Wildman–Crippen MR) is 112 cm³/mol. The second-order valence-electron chi connectivity index (χ2n) is 9.88. The minimum absolute atomic E-state index is 0.226. The third-order valence-electron chi connectivity index (χ3n) is 8.47. The van der Waals surface area contributed by atoms with E-state index in [0.717, 1.165) is 12.3 Å². The fourth-order valence-electron chi connectivity index (χ4n) is 6.69. The van der Waals surface area contributed by atoms with Gasteiger partial charge in [0, 0.05) is 0 Å². The number of sulfone groups is 1. The van der Waals surface area contributed by atoms with Crippen LogP contribution in [0.25, 0.3) is 0 Å². The molecule has 142 valence electrons. The first-order chi connectivity index (χ1) is 12.1. The molecule has 4 heteroatoms. The van der Waals surface area contributed by atoms with Gasteiger partial charge in [-0.05, 0) is 48.9 Å². The largest absolute Gasteiger partial charge is 0.228 e. The van der Waals surface area contributed by atoms with Crippen LogP contribution in [-0.2, 0) is 9.84 Å². The molecule has 0 radical (unpaired) electrons. The standard InChI is InChI=1S/C22H32O2SSi/c1-21(2)17-12-13-19(20(21)16-17)22(14-8-9-15-25(22,23)24)26(3,4)18-10-6-5-7-11-18/h5-11,17,19-20H,12-16H2,1-4H3/t17-,19-,20-,22?/m0/s1. The molecule has 5 rings (SSSR count). The quantitative estimate of drug-likeness (QED) is 0.570. The number of hydrogen-bond donors (Lipinski definition) is 0. The molecule has 0 amide bonds. The van der Waals surface area contributed by atoms with Crippen LogP contribution in [0.3, 0.4) is 0 Å². The maximum absolute atomic E-state index is 13.8.